The first kappa shape index (κ1) is 17.0. The second-order valence-corrected chi connectivity index (χ2v) is 6.90. The number of nitrogens with zero attached hydrogens (tertiary/aromatic N) is 3. The molecular formula is C16H17BrN4O2S. The predicted octanol–water partition coefficient (Wildman–Crippen LogP) is 3.61. The normalized spacial score (nSPS) is 16.6. The first-order chi connectivity index (χ1) is 11.5. The molecule has 2 heterocycles. The third-order valence-corrected chi connectivity index (χ3v) is 4.71. The van der Waals surface area contributed by atoms with E-state index in [-0.39, 0.29) is 12.0 Å². The zero-order chi connectivity index (χ0) is 17.3. The summed E-state index contributed by atoms with van der Waals surface area (Å²) >= 11 is 4.95. The molecule has 24 heavy (non-hydrogen) atoms. The number of esters is 1. The standard InChI is InChI=1S/C16H17BrN4O2S/c1-4-23-14(22)12-9(2)18-15-19-16(24-3)20-21(15)13(12)10-6-5-7-11(17)8-10/h5-8,13H,4H2,1-3H3,(H,18,19,20)/t13-/m0/s1. The number of thioether (sulfide) groups is 1. The lowest BCUT2D eigenvalue weighted by Gasteiger charge is -2.28. The van der Waals surface area contributed by atoms with Gasteiger partial charge in [-0.05, 0) is 37.8 Å². The summed E-state index contributed by atoms with van der Waals surface area (Å²) in [5.74, 6) is 0.272. The van der Waals surface area contributed by atoms with Crippen molar-refractivity contribution in [3.8, 4) is 0 Å². The van der Waals surface area contributed by atoms with Gasteiger partial charge in [0.15, 0.2) is 0 Å². The van der Waals surface area contributed by atoms with Crippen LogP contribution in [0.3, 0.4) is 0 Å². The van der Waals surface area contributed by atoms with E-state index in [0.29, 0.717) is 23.3 Å². The lowest BCUT2D eigenvalue weighted by atomic mass is 9.96. The van der Waals surface area contributed by atoms with Crippen LogP contribution < -0.4 is 5.32 Å². The van der Waals surface area contributed by atoms with E-state index in [1.807, 2.05) is 37.4 Å². The summed E-state index contributed by atoms with van der Waals surface area (Å²) in [6.07, 6.45) is 1.92. The molecule has 0 radical (unpaired) electrons. The molecule has 126 valence electrons. The molecule has 0 fully saturated rings. The Morgan fingerprint density at radius 2 is 2.29 bits per heavy atom. The van der Waals surface area contributed by atoms with Crippen molar-refractivity contribution in [1.29, 1.82) is 0 Å². The molecule has 0 amide bonds. The van der Waals surface area contributed by atoms with Gasteiger partial charge in [0.25, 0.3) is 0 Å². The number of benzene rings is 1. The van der Waals surface area contributed by atoms with Crippen molar-refractivity contribution in [3.05, 3.63) is 45.6 Å². The largest absolute Gasteiger partial charge is 0.463 e. The Kier molecular flexibility index (Phi) is 4.96. The van der Waals surface area contributed by atoms with E-state index in [2.05, 4.69) is 31.3 Å². The van der Waals surface area contributed by atoms with Crippen LogP contribution in [0.1, 0.15) is 25.5 Å². The molecule has 0 unspecified atom stereocenters. The number of hydrogen-bond acceptors (Lipinski definition) is 6. The number of carbonyl (C=O) groups excluding carboxylic acids is 1. The first-order valence-electron chi connectivity index (χ1n) is 7.46. The maximum Gasteiger partial charge on any atom is 0.338 e. The van der Waals surface area contributed by atoms with Gasteiger partial charge in [-0.15, -0.1) is 5.10 Å². The molecule has 6 nitrogen and oxygen atoms in total. The van der Waals surface area contributed by atoms with Crippen molar-refractivity contribution < 1.29 is 9.53 Å². The number of anilines is 1. The molecule has 8 heteroatoms. The number of fused-ring (bicyclic) bond motifs is 1. The second-order valence-electron chi connectivity index (χ2n) is 5.21. The highest BCUT2D eigenvalue weighted by molar-refractivity contribution is 9.10. The Labute approximate surface area is 152 Å². The summed E-state index contributed by atoms with van der Waals surface area (Å²) in [4.78, 5) is 17.0. The molecule has 0 saturated heterocycles. The number of carbonyl (C=O) groups is 1. The maximum absolute atomic E-state index is 12.6. The summed E-state index contributed by atoms with van der Waals surface area (Å²) in [5, 5.41) is 8.34. The molecule has 1 atom stereocenters. The minimum atomic E-state index is -0.383. The second kappa shape index (κ2) is 6.98. The molecule has 2 aromatic rings. The summed E-state index contributed by atoms with van der Waals surface area (Å²) in [6.45, 7) is 3.97. The summed E-state index contributed by atoms with van der Waals surface area (Å²) in [5.41, 5.74) is 2.21. The van der Waals surface area contributed by atoms with Gasteiger partial charge in [0.05, 0.1) is 12.2 Å². The predicted molar refractivity (Wildman–Crippen MR) is 97.0 cm³/mol. The van der Waals surface area contributed by atoms with Crippen molar-refractivity contribution in [1.82, 2.24) is 14.8 Å². The zero-order valence-electron chi connectivity index (χ0n) is 13.5. The fourth-order valence-electron chi connectivity index (χ4n) is 2.68. The van der Waals surface area contributed by atoms with Gasteiger partial charge in [0, 0.05) is 10.2 Å². The van der Waals surface area contributed by atoms with E-state index in [1.54, 1.807) is 11.6 Å². The highest BCUT2D eigenvalue weighted by Gasteiger charge is 2.35. The quantitative estimate of drug-likeness (QED) is 0.615. The van der Waals surface area contributed by atoms with Gasteiger partial charge in [-0.2, -0.15) is 4.98 Å². The van der Waals surface area contributed by atoms with Gasteiger partial charge >= 0.3 is 5.97 Å². The monoisotopic (exact) mass is 408 g/mol. The van der Waals surface area contributed by atoms with Crippen molar-refractivity contribution >= 4 is 39.6 Å². The number of ether oxygens (including phenoxy) is 1. The first-order valence-corrected chi connectivity index (χ1v) is 9.47. The van der Waals surface area contributed by atoms with Crippen LogP contribution >= 0.6 is 27.7 Å². The van der Waals surface area contributed by atoms with Gasteiger partial charge in [0.1, 0.15) is 6.04 Å². The van der Waals surface area contributed by atoms with Crippen LogP contribution in [0.2, 0.25) is 0 Å². The molecule has 1 aromatic carbocycles. The summed E-state index contributed by atoms with van der Waals surface area (Å²) in [7, 11) is 0. The van der Waals surface area contributed by atoms with Crippen LogP contribution in [0.25, 0.3) is 0 Å². The van der Waals surface area contributed by atoms with Crippen LogP contribution in [0, 0.1) is 0 Å². The van der Waals surface area contributed by atoms with E-state index in [9.17, 15) is 4.79 Å². The van der Waals surface area contributed by atoms with E-state index in [0.717, 1.165) is 15.7 Å². The minimum absolute atomic E-state index is 0.321. The molecule has 0 aliphatic carbocycles. The smallest absolute Gasteiger partial charge is 0.338 e. The minimum Gasteiger partial charge on any atom is -0.463 e. The van der Waals surface area contributed by atoms with E-state index < -0.39 is 0 Å². The fourth-order valence-corrected chi connectivity index (χ4v) is 3.44. The molecule has 3 rings (SSSR count). The lowest BCUT2D eigenvalue weighted by molar-refractivity contribution is -0.139. The van der Waals surface area contributed by atoms with Crippen LogP contribution in [0.5, 0.6) is 0 Å². The van der Waals surface area contributed by atoms with Crippen molar-refractivity contribution in [2.24, 2.45) is 0 Å². The molecule has 0 bridgehead atoms. The number of nitrogens with one attached hydrogen (secondary N) is 1. The molecule has 1 N–H and O–H groups in total. The number of halogens is 1. The molecular weight excluding hydrogens is 392 g/mol. The Morgan fingerprint density at radius 3 is 2.96 bits per heavy atom. The topological polar surface area (TPSA) is 69.0 Å². The molecule has 1 aliphatic heterocycles. The lowest BCUT2D eigenvalue weighted by Crippen LogP contribution is -2.29. The van der Waals surface area contributed by atoms with Crippen molar-refractivity contribution in [2.75, 3.05) is 18.2 Å². The number of allylic oxidation sites excluding steroid dienone is 1. The van der Waals surface area contributed by atoms with Crippen molar-refractivity contribution in [3.63, 3.8) is 0 Å². The van der Waals surface area contributed by atoms with E-state index in [1.165, 1.54) is 11.8 Å². The molecule has 0 spiro atoms. The average Bonchev–Trinajstić information content (AvgIpc) is 2.96. The SMILES string of the molecule is CCOC(=O)C1=C(C)Nc2nc(SC)nn2[C@H]1c1cccc(Br)c1. The third kappa shape index (κ3) is 3.08. The number of hydrogen-bond donors (Lipinski definition) is 1. The van der Waals surface area contributed by atoms with Crippen LogP contribution in [-0.2, 0) is 9.53 Å². The Balaban J connectivity index is 2.17. The summed E-state index contributed by atoms with van der Waals surface area (Å²) < 4.78 is 7.95. The molecule has 1 aliphatic rings. The number of aromatic nitrogens is 3. The Bertz CT molecular complexity index is 818. The van der Waals surface area contributed by atoms with Crippen LogP contribution in [0.4, 0.5) is 5.95 Å². The summed E-state index contributed by atoms with van der Waals surface area (Å²) in [6, 6.07) is 7.45. The van der Waals surface area contributed by atoms with Gasteiger partial charge in [-0.3, -0.25) is 0 Å². The van der Waals surface area contributed by atoms with E-state index in [4.69, 9.17) is 4.74 Å². The Hall–Kier alpha value is -1.80. The van der Waals surface area contributed by atoms with Crippen LogP contribution in [-0.4, -0.2) is 33.6 Å². The van der Waals surface area contributed by atoms with E-state index >= 15 is 0 Å². The van der Waals surface area contributed by atoms with Crippen LogP contribution in [0.15, 0.2) is 45.2 Å². The zero-order valence-corrected chi connectivity index (χ0v) is 15.9. The highest BCUT2D eigenvalue weighted by Crippen LogP contribution is 2.37. The maximum atomic E-state index is 12.6. The fraction of sp³-hybridized carbons (Fsp3) is 0.312. The Morgan fingerprint density at radius 1 is 1.50 bits per heavy atom. The van der Waals surface area contributed by atoms with Gasteiger partial charge in [-0.1, -0.05) is 39.8 Å². The number of rotatable bonds is 4. The van der Waals surface area contributed by atoms with Crippen molar-refractivity contribution in [2.45, 2.75) is 25.0 Å². The molecule has 0 saturated carbocycles. The third-order valence-electron chi connectivity index (χ3n) is 3.68. The van der Waals surface area contributed by atoms with Gasteiger partial charge in [-0.25, -0.2) is 9.48 Å². The van der Waals surface area contributed by atoms with Gasteiger partial charge in [0.2, 0.25) is 11.1 Å². The van der Waals surface area contributed by atoms with Gasteiger partial charge < -0.3 is 10.1 Å². The highest BCUT2D eigenvalue weighted by atomic mass is 79.9. The molecule has 1 aromatic heterocycles. The average molecular weight is 409 g/mol.